The summed E-state index contributed by atoms with van der Waals surface area (Å²) in [6.45, 7) is 5.37. The third-order valence-corrected chi connectivity index (χ3v) is 10.5. The van der Waals surface area contributed by atoms with Gasteiger partial charge in [-0.25, -0.2) is 17.8 Å². The third-order valence-electron chi connectivity index (χ3n) is 8.84. The molecule has 1 spiro atoms. The number of imidazole rings is 1. The molecule has 11 heteroatoms. The lowest BCUT2D eigenvalue weighted by atomic mass is 9.74. The van der Waals surface area contributed by atoms with E-state index in [2.05, 4.69) is 37.9 Å². The topological polar surface area (TPSA) is 98.9 Å². The van der Waals surface area contributed by atoms with Crippen LogP contribution in [0.4, 0.5) is 4.39 Å². The van der Waals surface area contributed by atoms with Crippen molar-refractivity contribution in [3.63, 3.8) is 0 Å². The Morgan fingerprint density at radius 3 is 2.59 bits per heavy atom. The summed E-state index contributed by atoms with van der Waals surface area (Å²) in [5.41, 5.74) is 5.95. The minimum atomic E-state index is -3.31. The van der Waals surface area contributed by atoms with Crippen LogP contribution in [0, 0.1) is 18.2 Å². The molecule has 3 aromatic rings. The maximum absolute atomic E-state index is 13.9. The zero-order valence-corrected chi connectivity index (χ0v) is 24.0. The number of halogens is 1. The van der Waals surface area contributed by atoms with Gasteiger partial charge in [-0.05, 0) is 72.7 Å². The molecule has 2 fully saturated rings. The summed E-state index contributed by atoms with van der Waals surface area (Å²) in [6, 6.07) is 7.18. The minimum absolute atomic E-state index is 0.0241. The first kappa shape index (κ1) is 26.3. The lowest BCUT2D eigenvalue weighted by Gasteiger charge is -2.51. The average Bonchev–Trinajstić information content (AvgIpc) is 3.52. The average molecular weight is 578 g/mol. The number of amidine groups is 1. The molecule has 2 aromatic heterocycles. The number of hydrogen-bond acceptors (Lipinski definition) is 8. The number of rotatable bonds is 7. The molecule has 1 aliphatic carbocycles. The second kappa shape index (κ2) is 9.49. The van der Waals surface area contributed by atoms with E-state index in [9.17, 15) is 12.8 Å². The summed E-state index contributed by atoms with van der Waals surface area (Å²) in [5, 5.41) is 4.57. The molecule has 7 rings (SSSR count). The van der Waals surface area contributed by atoms with Crippen LogP contribution in [0.1, 0.15) is 47.8 Å². The number of pyridine rings is 1. The highest BCUT2D eigenvalue weighted by atomic mass is 32.2. The van der Waals surface area contributed by atoms with Crippen molar-refractivity contribution >= 4 is 21.7 Å². The molecule has 2 saturated heterocycles. The van der Waals surface area contributed by atoms with Crippen LogP contribution in [-0.2, 0) is 38.0 Å². The van der Waals surface area contributed by atoms with Crippen molar-refractivity contribution in [2.75, 3.05) is 31.3 Å². The van der Waals surface area contributed by atoms with Gasteiger partial charge in [-0.1, -0.05) is 18.1 Å². The fourth-order valence-corrected chi connectivity index (χ4v) is 7.28. The van der Waals surface area contributed by atoms with Crippen molar-refractivity contribution in [3.05, 3.63) is 82.5 Å². The third kappa shape index (κ3) is 4.37. The molecule has 0 bridgehead atoms. The molecule has 9 nitrogen and oxygen atoms in total. The molecule has 4 aliphatic rings. The van der Waals surface area contributed by atoms with E-state index < -0.39 is 21.4 Å². The van der Waals surface area contributed by atoms with Gasteiger partial charge in [0.1, 0.15) is 21.3 Å². The van der Waals surface area contributed by atoms with E-state index in [-0.39, 0.29) is 23.3 Å². The van der Waals surface area contributed by atoms with Crippen molar-refractivity contribution in [3.8, 4) is 5.69 Å². The van der Waals surface area contributed by atoms with Crippen LogP contribution < -0.4 is 0 Å². The largest absolute Gasteiger partial charge is 0.380 e. The maximum atomic E-state index is 13.9. The Balaban J connectivity index is 1.29. The number of benzene rings is 1. The van der Waals surface area contributed by atoms with Crippen LogP contribution in [0.2, 0.25) is 0 Å². The Morgan fingerprint density at radius 1 is 1.12 bits per heavy atom. The quantitative estimate of drug-likeness (QED) is 0.420. The fourth-order valence-electron chi connectivity index (χ4n) is 6.40. The van der Waals surface area contributed by atoms with Gasteiger partial charge in [0.25, 0.3) is 5.72 Å². The van der Waals surface area contributed by atoms with Gasteiger partial charge in [0.2, 0.25) is 0 Å². The first-order chi connectivity index (χ1) is 19.7. The van der Waals surface area contributed by atoms with E-state index in [0.717, 1.165) is 48.0 Å². The molecule has 1 atom stereocenters. The lowest BCUT2D eigenvalue weighted by molar-refractivity contribution is -0.167. The van der Waals surface area contributed by atoms with Crippen LogP contribution in [0.25, 0.3) is 11.8 Å². The van der Waals surface area contributed by atoms with E-state index in [1.807, 2.05) is 24.3 Å². The summed E-state index contributed by atoms with van der Waals surface area (Å²) < 4.78 is 46.9. The van der Waals surface area contributed by atoms with Gasteiger partial charge in [-0.15, -0.1) is 0 Å². The van der Waals surface area contributed by atoms with E-state index >= 15 is 0 Å². The second-order valence-corrected chi connectivity index (χ2v) is 14.1. The highest BCUT2D eigenvalue weighted by molar-refractivity contribution is 7.91. The van der Waals surface area contributed by atoms with Crippen molar-refractivity contribution in [2.24, 2.45) is 10.6 Å². The SMILES string of the molecule is CCS(=O)(=O)CCC1(c2ccc(F)cn2)ON=C2C(=Cc3ccc(-n4cnc(C)c4)c4c3CC4)CC3(COC3)CN21. The van der Waals surface area contributed by atoms with Crippen LogP contribution >= 0.6 is 0 Å². The summed E-state index contributed by atoms with van der Waals surface area (Å²) >= 11 is 0. The van der Waals surface area contributed by atoms with E-state index in [1.165, 1.54) is 17.2 Å². The van der Waals surface area contributed by atoms with Crippen molar-refractivity contribution in [2.45, 2.75) is 45.3 Å². The fraction of sp³-hybridized carbons (Fsp3) is 0.433. The first-order valence-corrected chi connectivity index (χ1v) is 15.8. The molecule has 5 heterocycles. The number of aryl methyl sites for hydroxylation is 1. The zero-order chi connectivity index (χ0) is 28.4. The van der Waals surface area contributed by atoms with Gasteiger partial charge in [0.15, 0.2) is 5.84 Å². The molecule has 1 unspecified atom stereocenters. The highest BCUT2D eigenvalue weighted by Crippen LogP contribution is 2.49. The molecular formula is C30H32FN5O4S. The van der Waals surface area contributed by atoms with Crippen molar-refractivity contribution in [1.29, 1.82) is 0 Å². The first-order valence-electron chi connectivity index (χ1n) is 14.0. The van der Waals surface area contributed by atoms with Gasteiger partial charge < -0.3 is 19.0 Å². The maximum Gasteiger partial charge on any atom is 0.255 e. The van der Waals surface area contributed by atoms with E-state index in [1.54, 1.807) is 13.0 Å². The molecule has 3 aliphatic heterocycles. The molecule has 0 saturated carbocycles. The minimum Gasteiger partial charge on any atom is -0.380 e. The number of fused-ring (bicyclic) bond motifs is 2. The number of ether oxygens (including phenoxy) is 1. The van der Waals surface area contributed by atoms with Crippen molar-refractivity contribution < 1.29 is 22.4 Å². The van der Waals surface area contributed by atoms with Crippen LogP contribution in [0.15, 0.2) is 53.7 Å². The molecule has 0 radical (unpaired) electrons. The Hall–Kier alpha value is -3.57. The number of hydrogen-bond donors (Lipinski definition) is 0. The normalized spacial score (nSPS) is 23.4. The van der Waals surface area contributed by atoms with Gasteiger partial charge in [0.05, 0.1) is 37.2 Å². The predicted molar refractivity (Wildman–Crippen MR) is 152 cm³/mol. The summed E-state index contributed by atoms with van der Waals surface area (Å²) in [6.07, 6.45) is 10.1. The van der Waals surface area contributed by atoms with Gasteiger partial charge in [0, 0.05) is 36.0 Å². The van der Waals surface area contributed by atoms with Crippen LogP contribution in [0.3, 0.4) is 0 Å². The molecule has 0 N–H and O–H groups in total. The molecule has 0 amide bonds. The second-order valence-electron chi connectivity index (χ2n) is 11.6. The monoisotopic (exact) mass is 577 g/mol. The molecule has 41 heavy (non-hydrogen) atoms. The molecular weight excluding hydrogens is 545 g/mol. The smallest absolute Gasteiger partial charge is 0.255 e. The number of nitrogens with zero attached hydrogens (tertiary/aromatic N) is 5. The number of aromatic nitrogens is 3. The standard InChI is InChI=1S/C30H32FN5O4S/c1-3-41(37,38)11-10-30(27-9-5-23(31)14-32-27)36-16-29(17-39-18-29)13-22(28(36)34-40-30)12-21-4-8-26(25-7-6-24(21)25)35-15-20(2)33-19-35/h4-5,8-9,12,14-15,19H,3,6-7,10-11,13,16-18H2,1-2H3. The Morgan fingerprint density at radius 2 is 1.95 bits per heavy atom. The number of oxime groups is 1. The number of piperidine rings is 1. The van der Waals surface area contributed by atoms with Gasteiger partial charge >= 0.3 is 0 Å². The summed E-state index contributed by atoms with van der Waals surface area (Å²) in [7, 11) is -3.31. The summed E-state index contributed by atoms with van der Waals surface area (Å²) in [5.74, 6) is 0.119. The lowest BCUT2D eigenvalue weighted by Crippen LogP contribution is -2.61. The van der Waals surface area contributed by atoms with Crippen molar-refractivity contribution in [1.82, 2.24) is 19.4 Å². The molecule has 1 aromatic carbocycles. The summed E-state index contributed by atoms with van der Waals surface area (Å²) in [4.78, 5) is 17.0. The number of sulfone groups is 1. The zero-order valence-electron chi connectivity index (χ0n) is 23.1. The van der Waals surface area contributed by atoms with Crippen LogP contribution in [0.5, 0.6) is 0 Å². The van der Waals surface area contributed by atoms with E-state index in [0.29, 0.717) is 31.3 Å². The van der Waals surface area contributed by atoms with E-state index in [4.69, 9.17) is 9.57 Å². The predicted octanol–water partition coefficient (Wildman–Crippen LogP) is 3.94. The Kier molecular flexibility index (Phi) is 6.09. The Labute approximate surface area is 238 Å². The molecule has 214 valence electrons. The van der Waals surface area contributed by atoms with Crippen LogP contribution in [-0.4, -0.2) is 65.0 Å². The van der Waals surface area contributed by atoms with Gasteiger partial charge in [-0.3, -0.25) is 4.98 Å². The Bertz CT molecular complexity index is 1690. The highest BCUT2D eigenvalue weighted by Gasteiger charge is 2.57. The van der Waals surface area contributed by atoms with Gasteiger partial charge in [-0.2, -0.15) is 0 Å².